The summed E-state index contributed by atoms with van der Waals surface area (Å²) in [5.41, 5.74) is -1.95. The highest BCUT2D eigenvalue weighted by Gasteiger charge is 2.22. The summed E-state index contributed by atoms with van der Waals surface area (Å²) in [6, 6.07) is -0.630. The summed E-state index contributed by atoms with van der Waals surface area (Å²) in [6.45, 7) is 0. The van der Waals surface area contributed by atoms with E-state index in [0.29, 0.717) is 0 Å². The van der Waals surface area contributed by atoms with Gasteiger partial charge in [-0.3, -0.25) is 19.7 Å². The summed E-state index contributed by atoms with van der Waals surface area (Å²) in [6.07, 6.45) is 5.50. The smallest absolute Gasteiger partial charge is 0.327 e. The van der Waals surface area contributed by atoms with Gasteiger partial charge in [0.15, 0.2) is 0 Å². The lowest BCUT2D eigenvalue weighted by Gasteiger charge is -2.11. The van der Waals surface area contributed by atoms with E-state index in [0.717, 1.165) is 12.3 Å². The van der Waals surface area contributed by atoms with Gasteiger partial charge >= 0.3 is 5.97 Å². The zero-order valence-corrected chi connectivity index (χ0v) is 9.95. The van der Waals surface area contributed by atoms with Gasteiger partial charge in [-0.1, -0.05) is 0 Å². The Morgan fingerprint density at radius 3 is 2.75 bits per heavy atom. The first-order chi connectivity index (χ1) is 9.36. The number of hydrogen-bond donors (Lipinski definition) is 3. The van der Waals surface area contributed by atoms with Crippen molar-refractivity contribution in [2.24, 2.45) is 0 Å². The van der Waals surface area contributed by atoms with Gasteiger partial charge in [0.05, 0.1) is 11.1 Å². The molecule has 1 aromatic rings. The number of carboxylic acids is 1. The lowest BCUT2D eigenvalue weighted by molar-refractivity contribution is -0.385. The van der Waals surface area contributed by atoms with Crippen LogP contribution in [0.15, 0.2) is 17.1 Å². The molecular formula is C11H9N3O6. The molecular weight excluding hydrogens is 270 g/mol. The molecule has 0 spiro atoms. The van der Waals surface area contributed by atoms with E-state index in [9.17, 15) is 24.5 Å². The summed E-state index contributed by atoms with van der Waals surface area (Å²) in [5, 5.41) is 21.4. The highest BCUT2D eigenvalue weighted by molar-refractivity contribution is 5.96. The molecule has 0 aromatic carbocycles. The number of rotatable bonds is 5. The van der Waals surface area contributed by atoms with E-state index in [1.807, 2.05) is 10.3 Å². The normalized spacial score (nSPS) is 11.2. The second-order valence-corrected chi connectivity index (χ2v) is 3.63. The average Bonchev–Trinajstić information content (AvgIpc) is 2.38. The van der Waals surface area contributed by atoms with Crippen LogP contribution in [-0.2, 0) is 4.79 Å². The molecule has 1 unspecified atom stereocenters. The van der Waals surface area contributed by atoms with Crippen molar-refractivity contribution in [2.45, 2.75) is 12.5 Å². The largest absolute Gasteiger partial charge is 0.480 e. The number of nitrogens with zero attached hydrogens (tertiary/aromatic N) is 1. The van der Waals surface area contributed by atoms with Gasteiger partial charge in [0.1, 0.15) is 11.6 Å². The topological polar surface area (TPSA) is 142 Å². The van der Waals surface area contributed by atoms with Crippen molar-refractivity contribution in [1.82, 2.24) is 10.3 Å². The quantitative estimate of drug-likeness (QED) is 0.376. The van der Waals surface area contributed by atoms with Crippen molar-refractivity contribution >= 4 is 17.6 Å². The van der Waals surface area contributed by atoms with Gasteiger partial charge in [-0.25, -0.2) is 4.79 Å². The molecule has 0 aliphatic heterocycles. The van der Waals surface area contributed by atoms with Gasteiger partial charge in [-0.15, -0.1) is 12.3 Å². The number of aromatic amines is 1. The minimum atomic E-state index is -1.38. The van der Waals surface area contributed by atoms with E-state index in [4.69, 9.17) is 11.5 Å². The summed E-state index contributed by atoms with van der Waals surface area (Å²) < 4.78 is 0. The van der Waals surface area contributed by atoms with Crippen molar-refractivity contribution in [1.29, 1.82) is 0 Å². The molecule has 9 nitrogen and oxygen atoms in total. The fraction of sp³-hybridized carbons (Fsp3) is 0.182. The zero-order valence-electron chi connectivity index (χ0n) is 9.95. The molecule has 20 heavy (non-hydrogen) atoms. The van der Waals surface area contributed by atoms with E-state index < -0.39 is 39.7 Å². The highest BCUT2D eigenvalue weighted by atomic mass is 16.6. The maximum atomic E-state index is 11.7. The minimum absolute atomic E-state index is 0.284. The Balaban J connectivity index is 3.06. The fourth-order valence-electron chi connectivity index (χ4n) is 1.30. The SMILES string of the molecule is C#CCC(NC(=O)c1cc([N+](=O)[O-])c[nH]c1=O)C(=O)O. The maximum Gasteiger partial charge on any atom is 0.327 e. The Morgan fingerprint density at radius 1 is 1.60 bits per heavy atom. The molecule has 0 aliphatic carbocycles. The van der Waals surface area contributed by atoms with Gasteiger partial charge in [-0.2, -0.15) is 0 Å². The fourth-order valence-corrected chi connectivity index (χ4v) is 1.30. The minimum Gasteiger partial charge on any atom is -0.480 e. The van der Waals surface area contributed by atoms with Crippen LogP contribution in [0.2, 0.25) is 0 Å². The van der Waals surface area contributed by atoms with Crippen LogP contribution in [0.5, 0.6) is 0 Å². The third-order valence-corrected chi connectivity index (χ3v) is 2.27. The van der Waals surface area contributed by atoms with E-state index in [-0.39, 0.29) is 6.42 Å². The van der Waals surface area contributed by atoms with Gasteiger partial charge in [0.25, 0.3) is 17.2 Å². The van der Waals surface area contributed by atoms with Crippen LogP contribution in [0.3, 0.4) is 0 Å². The molecule has 104 valence electrons. The molecule has 9 heteroatoms. The Hall–Kier alpha value is -3.15. The van der Waals surface area contributed by atoms with E-state index in [1.165, 1.54) is 0 Å². The van der Waals surface area contributed by atoms with Crippen molar-refractivity contribution in [3.05, 3.63) is 38.3 Å². The zero-order chi connectivity index (χ0) is 15.3. The number of H-pyrrole nitrogens is 1. The number of aliphatic carboxylic acids is 1. The molecule has 0 aliphatic rings. The highest BCUT2D eigenvalue weighted by Crippen LogP contribution is 2.08. The number of nitrogens with one attached hydrogen (secondary N) is 2. The first-order valence-electron chi connectivity index (χ1n) is 5.21. The number of pyridine rings is 1. The summed E-state index contributed by atoms with van der Waals surface area (Å²) in [7, 11) is 0. The first-order valence-corrected chi connectivity index (χ1v) is 5.21. The van der Waals surface area contributed by atoms with Crippen molar-refractivity contribution < 1.29 is 19.6 Å². The molecule has 0 saturated heterocycles. The third-order valence-electron chi connectivity index (χ3n) is 2.27. The number of hydrogen-bond acceptors (Lipinski definition) is 5. The Labute approximate surface area is 111 Å². The van der Waals surface area contributed by atoms with E-state index in [1.54, 1.807) is 0 Å². The van der Waals surface area contributed by atoms with Crippen LogP contribution < -0.4 is 10.9 Å². The maximum absolute atomic E-state index is 11.7. The third kappa shape index (κ3) is 3.42. The molecule has 1 heterocycles. The number of carbonyl (C=O) groups excluding carboxylic acids is 1. The van der Waals surface area contributed by atoms with Gasteiger partial charge in [-0.05, 0) is 0 Å². The van der Waals surface area contributed by atoms with Crippen LogP contribution >= 0.6 is 0 Å². The first kappa shape index (κ1) is 14.9. The molecule has 0 radical (unpaired) electrons. The molecule has 1 amide bonds. The number of aromatic nitrogens is 1. The lowest BCUT2D eigenvalue weighted by atomic mass is 10.2. The number of nitro groups is 1. The number of amides is 1. The van der Waals surface area contributed by atoms with Gasteiger partial charge in [0.2, 0.25) is 0 Å². The monoisotopic (exact) mass is 279 g/mol. The number of terminal acetylenes is 1. The van der Waals surface area contributed by atoms with Crippen LogP contribution in [0.1, 0.15) is 16.8 Å². The summed E-state index contributed by atoms with van der Waals surface area (Å²) >= 11 is 0. The average molecular weight is 279 g/mol. The molecule has 0 bridgehead atoms. The summed E-state index contributed by atoms with van der Waals surface area (Å²) in [5.74, 6) is -0.374. The van der Waals surface area contributed by atoms with Gasteiger partial charge < -0.3 is 15.4 Å². The predicted octanol–water partition coefficient (Wildman–Crippen LogP) is -0.511. The Bertz CT molecular complexity index is 657. The standard InChI is InChI=1S/C11H9N3O6/c1-2-3-8(11(17)18)13-10(16)7-4-6(14(19)20)5-12-9(7)15/h1,4-5,8H,3H2,(H,12,15)(H,13,16)(H,17,18). The molecule has 3 N–H and O–H groups in total. The van der Waals surface area contributed by atoms with Crippen LogP contribution in [0.25, 0.3) is 0 Å². The Morgan fingerprint density at radius 2 is 2.25 bits per heavy atom. The Kier molecular flexibility index (Phi) is 4.58. The van der Waals surface area contributed by atoms with Crippen LogP contribution in [-0.4, -0.2) is 32.9 Å². The molecule has 0 fully saturated rings. The second kappa shape index (κ2) is 6.14. The molecule has 1 aromatic heterocycles. The molecule has 1 rings (SSSR count). The number of carboxylic acid groups (broad SMARTS) is 1. The van der Waals surface area contributed by atoms with Gasteiger partial charge in [0, 0.05) is 12.5 Å². The predicted molar refractivity (Wildman–Crippen MR) is 66.1 cm³/mol. The molecule has 0 saturated carbocycles. The van der Waals surface area contributed by atoms with E-state index >= 15 is 0 Å². The van der Waals surface area contributed by atoms with Crippen molar-refractivity contribution in [3.63, 3.8) is 0 Å². The van der Waals surface area contributed by atoms with Crippen LogP contribution in [0, 0.1) is 22.5 Å². The second-order valence-electron chi connectivity index (χ2n) is 3.63. The molecule has 1 atom stereocenters. The lowest BCUT2D eigenvalue weighted by Crippen LogP contribution is -2.42. The van der Waals surface area contributed by atoms with Crippen molar-refractivity contribution in [2.75, 3.05) is 0 Å². The van der Waals surface area contributed by atoms with Crippen molar-refractivity contribution in [3.8, 4) is 12.3 Å². The van der Waals surface area contributed by atoms with E-state index in [2.05, 4.69) is 5.92 Å². The van der Waals surface area contributed by atoms with Crippen LogP contribution in [0.4, 0.5) is 5.69 Å². The summed E-state index contributed by atoms with van der Waals surface area (Å²) in [4.78, 5) is 45.7. The number of carbonyl (C=O) groups is 2.